The van der Waals surface area contributed by atoms with Gasteiger partial charge in [0.1, 0.15) is 18.7 Å². The Balaban J connectivity index is 2.02. The first-order chi connectivity index (χ1) is 9.85. The van der Waals surface area contributed by atoms with Crippen molar-refractivity contribution in [2.45, 2.75) is 39.5 Å². The average Bonchev–Trinajstić information content (AvgIpc) is 2.81. The molecule has 1 aromatic carbocycles. The Morgan fingerprint density at radius 1 is 1.33 bits per heavy atom. The fourth-order valence-electron chi connectivity index (χ4n) is 1.74. The Morgan fingerprint density at radius 3 is 2.71 bits per heavy atom. The SMILES string of the molecule is Cn1ncnc1COc1ccc(Br)c(CNC(C)(C)C)c1. The summed E-state index contributed by atoms with van der Waals surface area (Å²) in [5, 5.41) is 7.50. The topological polar surface area (TPSA) is 52.0 Å². The van der Waals surface area contributed by atoms with Crippen LogP contribution in [0.15, 0.2) is 29.0 Å². The van der Waals surface area contributed by atoms with E-state index >= 15 is 0 Å². The van der Waals surface area contributed by atoms with Gasteiger partial charge in [-0.15, -0.1) is 0 Å². The molecule has 0 aliphatic heterocycles. The van der Waals surface area contributed by atoms with Gasteiger partial charge in [0.05, 0.1) is 0 Å². The third kappa shape index (κ3) is 4.82. The van der Waals surface area contributed by atoms with Crippen molar-refractivity contribution >= 4 is 15.9 Å². The molecule has 21 heavy (non-hydrogen) atoms. The Morgan fingerprint density at radius 2 is 2.10 bits per heavy atom. The molecule has 0 aliphatic rings. The molecule has 0 fully saturated rings. The number of aryl methyl sites for hydroxylation is 1. The molecule has 1 aromatic heterocycles. The molecule has 0 amide bonds. The molecular weight excluding hydrogens is 332 g/mol. The lowest BCUT2D eigenvalue weighted by molar-refractivity contribution is 0.289. The maximum atomic E-state index is 5.79. The van der Waals surface area contributed by atoms with Gasteiger partial charge in [-0.2, -0.15) is 5.10 Å². The molecule has 1 heterocycles. The summed E-state index contributed by atoms with van der Waals surface area (Å²) < 4.78 is 8.57. The first-order valence-corrected chi connectivity index (χ1v) is 7.63. The second kappa shape index (κ2) is 6.58. The van der Waals surface area contributed by atoms with Gasteiger partial charge in [0, 0.05) is 23.6 Å². The van der Waals surface area contributed by atoms with E-state index in [9.17, 15) is 0 Å². The highest BCUT2D eigenvalue weighted by molar-refractivity contribution is 9.10. The summed E-state index contributed by atoms with van der Waals surface area (Å²) in [5.41, 5.74) is 1.25. The molecule has 2 aromatic rings. The number of nitrogens with one attached hydrogen (secondary N) is 1. The molecule has 0 spiro atoms. The lowest BCUT2D eigenvalue weighted by Crippen LogP contribution is -2.35. The number of benzene rings is 1. The maximum absolute atomic E-state index is 5.79. The lowest BCUT2D eigenvalue weighted by Gasteiger charge is -2.21. The van der Waals surface area contributed by atoms with Gasteiger partial charge < -0.3 is 10.1 Å². The van der Waals surface area contributed by atoms with E-state index in [0.717, 1.165) is 22.6 Å². The van der Waals surface area contributed by atoms with Gasteiger partial charge in [-0.05, 0) is 44.5 Å². The number of nitrogens with zero attached hydrogens (tertiary/aromatic N) is 3. The molecule has 0 saturated carbocycles. The van der Waals surface area contributed by atoms with Gasteiger partial charge >= 0.3 is 0 Å². The predicted octanol–water partition coefficient (Wildman–Crippen LogP) is 3.04. The van der Waals surface area contributed by atoms with E-state index in [0.29, 0.717) is 6.61 Å². The summed E-state index contributed by atoms with van der Waals surface area (Å²) in [6.07, 6.45) is 1.53. The highest BCUT2D eigenvalue weighted by atomic mass is 79.9. The number of hydrogen-bond donors (Lipinski definition) is 1. The van der Waals surface area contributed by atoms with Crippen LogP contribution in [0, 0.1) is 0 Å². The van der Waals surface area contributed by atoms with Crippen LogP contribution in [0.2, 0.25) is 0 Å². The molecule has 5 nitrogen and oxygen atoms in total. The van der Waals surface area contributed by atoms with Crippen LogP contribution >= 0.6 is 15.9 Å². The average molecular weight is 353 g/mol. The second-order valence-corrected chi connectivity index (χ2v) is 6.80. The molecule has 2 rings (SSSR count). The molecule has 1 N–H and O–H groups in total. The number of rotatable bonds is 5. The van der Waals surface area contributed by atoms with E-state index in [1.54, 1.807) is 4.68 Å². The second-order valence-electron chi connectivity index (χ2n) is 5.95. The molecule has 0 saturated heterocycles. The highest BCUT2D eigenvalue weighted by Crippen LogP contribution is 2.23. The van der Waals surface area contributed by atoms with Gasteiger partial charge in [-0.25, -0.2) is 4.98 Å². The van der Waals surface area contributed by atoms with Crippen LogP contribution in [0.3, 0.4) is 0 Å². The zero-order chi connectivity index (χ0) is 15.5. The van der Waals surface area contributed by atoms with Crippen molar-refractivity contribution in [3.05, 3.63) is 40.4 Å². The monoisotopic (exact) mass is 352 g/mol. The van der Waals surface area contributed by atoms with E-state index in [-0.39, 0.29) is 5.54 Å². The van der Waals surface area contributed by atoms with E-state index in [4.69, 9.17) is 4.74 Å². The minimum Gasteiger partial charge on any atom is -0.486 e. The van der Waals surface area contributed by atoms with Gasteiger partial charge in [0.25, 0.3) is 0 Å². The fraction of sp³-hybridized carbons (Fsp3) is 0.467. The van der Waals surface area contributed by atoms with E-state index in [1.165, 1.54) is 11.9 Å². The number of ether oxygens (including phenoxy) is 1. The van der Waals surface area contributed by atoms with Crippen molar-refractivity contribution in [1.82, 2.24) is 20.1 Å². The summed E-state index contributed by atoms with van der Waals surface area (Å²) in [6, 6.07) is 5.99. The van der Waals surface area contributed by atoms with E-state index < -0.39 is 0 Å². The van der Waals surface area contributed by atoms with Crippen molar-refractivity contribution in [2.75, 3.05) is 0 Å². The quantitative estimate of drug-likeness (QED) is 0.898. The van der Waals surface area contributed by atoms with Gasteiger partial charge in [-0.3, -0.25) is 4.68 Å². The van der Waals surface area contributed by atoms with Crippen LogP contribution in [0.5, 0.6) is 5.75 Å². The Labute approximate surface area is 133 Å². The molecule has 0 radical (unpaired) electrons. The van der Waals surface area contributed by atoms with Crippen LogP contribution in [-0.2, 0) is 20.2 Å². The van der Waals surface area contributed by atoms with Crippen LogP contribution in [-0.4, -0.2) is 20.3 Å². The van der Waals surface area contributed by atoms with Gasteiger partial charge in [0.2, 0.25) is 0 Å². The first kappa shape index (κ1) is 16.0. The summed E-state index contributed by atoms with van der Waals surface area (Å²) in [7, 11) is 1.85. The third-order valence-electron chi connectivity index (χ3n) is 3.00. The van der Waals surface area contributed by atoms with Crippen molar-refractivity contribution < 1.29 is 4.74 Å². The minimum absolute atomic E-state index is 0.0783. The Bertz CT molecular complexity index is 604. The maximum Gasteiger partial charge on any atom is 0.164 e. The number of aromatic nitrogens is 3. The van der Waals surface area contributed by atoms with E-state index in [2.05, 4.69) is 52.1 Å². The molecule has 0 unspecified atom stereocenters. The lowest BCUT2D eigenvalue weighted by atomic mass is 10.1. The zero-order valence-electron chi connectivity index (χ0n) is 12.9. The molecule has 114 valence electrons. The molecule has 0 aliphatic carbocycles. The largest absolute Gasteiger partial charge is 0.486 e. The van der Waals surface area contributed by atoms with Crippen molar-refractivity contribution in [1.29, 1.82) is 0 Å². The molecule has 0 bridgehead atoms. The Kier molecular flexibility index (Phi) is 5.00. The first-order valence-electron chi connectivity index (χ1n) is 6.84. The molecular formula is C15H21BrN4O. The fourth-order valence-corrected chi connectivity index (χ4v) is 2.12. The zero-order valence-corrected chi connectivity index (χ0v) is 14.4. The molecule has 0 atom stereocenters. The van der Waals surface area contributed by atoms with Crippen LogP contribution in [0.4, 0.5) is 0 Å². The van der Waals surface area contributed by atoms with Crippen LogP contribution in [0.25, 0.3) is 0 Å². The van der Waals surface area contributed by atoms with Gasteiger partial charge in [0.15, 0.2) is 5.82 Å². The Hall–Kier alpha value is -1.40. The van der Waals surface area contributed by atoms with Crippen LogP contribution < -0.4 is 10.1 Å². The molecule has 6 heteroatoms. The summed E-state index contributed by atoms with van der Waals surface area (Å²) in [6.45, 7) is 7.63. The summed E-state index contributed by atoms with van der Waals surface area (Å²) in [5.74, 6) is 1.62. The standard InChI is InChI=1S/C15H21BrN4O/c1-15(2,3)18-8-11-7-12(5-6-13(11)16)21-9-14-17-10-19-20(14)4/h5-7,10,18H,8-9H2,1-4H3. The summed E-state index contributed by atoms with van der Waals surface area (Å²) >= 11 is 3.58. The van der Waals surface area contributed by atoms with Gasteiger partial charge in [-0.1, -0.05) is 15.9 Å². The number of halogens is 1. The predicted molar refractivity (Wildman–Crippen MR) is 86.1 cm³/mol. The normalized spacial score (nSPS) is 11.7. The van der Waals surface area contributed by atoms with Crippen molar-refractivity contribution in [3.63, 3.8) is 0 Å². The highest BCUT2D eigenvalue weighted by Gasteiger charge is 2.11. The van der Waals surface area contributed by atoms with Crippen molar-refractivity contribution in [2.24, 2.45) is 7.05 Å². The van der Waals surface area contributed by atoms with Crippen LogP contribution in [0.1, 0.15) is 32.2 Å². The summed E-state index contributed by atoms with van der Waals surface area (Å²) in [4.78, 5) is 4.14. The van der Waals surface area contributed by atoms with Crippen molar-refractivity contribution in [3.8, 4) is 5.75 Å². The van der Waals surface area contributed by atoms with E-state index in [1.807, 2.05) is 25.2 Å². The number of hydrogen-bond acceptors (Lipinski definition) is 4. The minimum atomic E-state index is 0.0783. The third-order valence-corrected chi connectivity index (χ3v) is 3.77. The smallest absolute Gasteiger partial charge is 0.164 e.